The van der Waals surface area contributed by atoms with Crippen molar-refractivity contribution < 1.29 is 63.6 Å². The van der Waals surface area contributed by atoms with Gasteiger partial charge in [0.15, 0.2) is 0 Å². The number of hydrogen-bond acceptors (Lipinski definition) is 11. The summed E-state index contributed by atoms with van der Waals surface area (Å²) in [6, 6.07) is -7.64. The quantitative estimate of drug-likeness (QED) is 0.0562. The molecule has 0 heterocycles. The monoisotopic (exact) mass is 633 g/mol. The first kappa shape index (κ1) is 39.1. The van der Waals surface area contributed by atoms with E-state index >= 15 is 0 Å². The summed E-state index contributed by atoms with van der Waals surface area (Å²) in [7, 11) is 0. The van der Waals surface area contributed by atoms with E-state index in [1.165, 1.54) is 13.8 Å². The number of carboxylic acids is 3. The van der Waals surface area contributed by atoms with Crippen LogP contribution in [0.2, 0.25) is 0 Å². The molecule has 20 heteroatoms. The summed E-state index contributed by atoms with van der Waals surface area (Å²) in [5.74, 6) is -10.8. The van der Waals surface area contributed by atoms with Gasteiger partial charge in [0.25, 0.3) is 0 Å². The zero-order valence-corrected chi connectivity index (χ0v) is 24.0. The number of carbonyl (C=O) groups excluding carboxylic acids is 6. The molecule has 0 spiro atoms. The number of hydrogen-bond donors (Lipinski definition) is 11. The topological polar surface area (TPSA) is 347 Å². The molecule has 20 nitrogen and oxygen atoms in total. The minimum atomic E-state index is -1.63. The molecular weight excluding hydrogens is 594 g/mol. The fraction of sp³-hybridized carbons (Fsp3) is 0.625. The van der Waals surface area contributed by atoms with Crippen LogP contribution in [0.4, 0.5) is 0 Å². The first-order valence-corrected chi connectivity index (χ1v) is 13.2. The van der Waals surface area contributed by atoms with Gasteiger partial charge in [-0.1, -0.05) is 13.8 Å². The maximum atomic E-state index is 13.0. The van der Waals surface area contributed by atoms with Gasteiger partial charge >= 0.3 is 17.9 Å². The average molecular weight is 634 g/mol. The maximum Gasteiger partial charge on any atom is 0.326 e. The summed E-state index contributed by atoms with van der Waals surface area (Å²) in [6.45, 7) is 1.22. The lowest BCUT2D eigenvalue weighted by Gasteiger charge is -2.25. The third-order valence-electron chi connectivity index (χ3n) is 5.81. The Bertz CT molecular complexity index is 1100. The van der Waals surface area contributed by atoms with Crippen molar-refractivity contribution in [3.8, 4) is 0 Å². The Labute approximate surface area is 250 Å². The molecule has 248 valence electrons. The molecular formula is C24H39N7O13. The summed E-state index contributed by atoms with van der Waals surface area (Å²) < 4.78 is 0. The van der Waals surface area contributed by atoms with Crippen LogP contribution in [0.1, 0.15) is 46.0 Å². The molecule has 0 aromatic rings. The average Bonchev–Trinajstić information content (AvgIpc) is 2.91. The highest BCUT2D eigenvalue weighted by Crippen LogP contribution is 2.06. The van der Waals surface area contributed by atoms with Crippen LogP contribution < -0.4 is 38.1 Å². The molecule has 0 fully saturated rings. The zero-order valence-electron chi connectivity index (χ0n) is 24.0. The first-order valence-electron chi connectivity index (χ1n) is 13.2. The number of carboxylic acid groups (broad SMARTS) is 3. The van der Waals surface area contributed by atoms with E-state index in [9.17, 15) is 53.4 Å². The Morgan fingerprint density at radius 1 is 0.682 bits per heavy atom. The van der Waals surface area contributed by atoms with E-state index < -0.39 is 128 Å². The van der Waals surface area contributed by atoms with E-state index in [2.05, 4.69) is 21.3 Å². The lowest BCUT2D eigenvalue weighted by Crippen LogP contribution is -2.57. The van der Waals surface area contributed by atoms with Gasteiger partial charge in [-0.2, -0.15) is 0 Å². The van der Waals surface area contributed by atoms with E-state index in [4.69, 9.17) is 21.7 Å². The number of nitrogens with one attached hydrogen (secondary N) is 5. The summed E-state index contributed by atoms with van der Waals surface area (Å²) >= 11 is 0. The van der Waals surface area contributed by atoms with Gasteiger partial charge in [0.05, 0.1) is 25.6 Å². The number of rotatable bonds is 21. The standard InChI is InChI=1S/C24H39N7O13/c1-10(2)19(24(43)44)31-23(42)13(3-5-15(26)33)29-22(41)12(4-6-17(35)36)28-16(34)8-27-21(40)14(9-32)30-20(39)11(25)7-18(37)38/h10-14,19,32H,3-9,25H2,1-2H3,(H2,26,33)(H,27,40)(H,28,34)(H,29,41)(H,30,39)(H,31,42)(H,35,36)(H,37,38)(H,43,44)/t11-,12-,13-,14-,19-/m0/s1. The van der Waals surface area contributed by atoms with Crippen LogP contribution in [0.25, 0.3) is 0 Å². The maximum absolute atomic E-state index is 13.0. The van der Waals surface area contributed by atoms with Crippen molar-refractivity contribution in [2.75, 3.05) is 13.2 Å². The Morgan fingerprint density at radius 3 is 1.68 bits per heavy atom. The number of carbonyl (C=O) groups is 9. The van der Waals surface area contributed by atoms with Gasteiger partial charge in [0, 0.05) is 12.8 Å². The summed E-state index contributed by atoms with van der Waals surface area (Å²) in [4.78, 5) is 107. The van der Waals surface area contributed by atoms with Crippen LogP contribution >= 0.6 is 0 Å². The van der Waals surface area contributed by atoms with Crippen molar-refractivity contribution in [1.29, 1.82) is 0 Å². The zero-order chi connectivity index (χ0) is 34.1. The second-order valence-corrected chi connectivity index (χ2v) is 9.85. The number of aliphatic carboxylic acids is 3. The van der Waals surface area contributed by atoms with Gasteiger partial charge in [0.2, 0.25) is 35.4 Å². The molecule has 0 aliphatic heterocycles. The second kappa shape index (κ2) is 19.4. The SMILES string of the molecule is CC(C)[C@H](NC(=O)[C@H](CCC(N)=O)NC(=O)[C@H](CCC(=O)O)NC(=O)CNC(=O)[C@H](CO)NC(=O)[C@@H](N)CC(=O)O)C(=O)O. The highest BCUT2D eigenvalue weighted by Gasteiger charge is 2.31. The van der Waals surface area contributed by atoms with Crippen LogP contribution in [-0.2, 0) is 43.2 Å². The Kier molecular flexibility index (Phi) is 17.2. The second-order valence-electron chi connectivity index (χ2n) is 9.85. The molecule has 0 bridgehead atoms. The van der Waals surface area contributed by atoms with Gasteiger partial charge in [-0.05, 0) is 18.8 Å². The van der Waals surface area contributed by atoms with Gasteiger partial charge < -0.3 is 58.5 Å². The van der Waals surface area contributed by atoms with Crippen LogP contribution in [-0.4, -0.2) is 117 Å². The molecule has 44 heavy (non-hydrogen) atoms. The van der Waals surface area contributed by atoms with Gasteiger partial charge in [-0.25, -0.2) is 4.79 Å². The number of nitrogens with two attached hydrogens (primary N) is 2. The van der Waals surface area contributed by atoms with Crippen molar-refractivity contribution in [1.82, 2.24) is 26.6 Å². The molecule has 0 saturated carbocycles. The Morgan fingerprint density at radius 2 is 1.20 bits per heavy atom. The lowest BCUT2D eigenvalue weighted by atomic mass is 10.0. The molecule has 0 aromatic heterocycles. The predicted octanol–water partition coefficient (Wildman–Crippen LogP) is -5.29. The minimum absolute atomic E-state index is 0.364. The number of aliphatic hydroxyl groups excluding tert-OH is 1. The number of aliphatic hydroxyl groups is 1. The fourth-order valence-corrected chi connectivity index (χ4v) is 3.42. The molecule has 6 amide bonds. The summed E-state index contributed by atoms with van der Waals surface area (Å²) in [6.07, 6.45) is -2.66. The van der Waals surface area contributed by atoms with Crippen LogP contribution in [0.15, 0.2) is 0 Å². The molecule has 5 atom stereocenters. The first-order chi connectivity index (χ1) is 20.4. The molecule has 0 unspecified atom stereocenters. The Hall–Kier alpha value is -4.85. The number of amides is 6. The molecule has 0 radical (unpaired) electrons. The van der Waals surface area contributed by atoms with E-state index in [1.54, 1.807) is 0 Å². The third kappa shape index (κ3) is 15.4. The lowest BCUT2D eigenvalue weighted by molar-refractivity contribution is -0.143. The van der Waals surface area contributed by atoms with Gasteiger partial charge in [-0.15, -0.1) is 0 Å². The summed E-state index contributed by atoms with van der Waals surface area (Å²) in [5, 5.41) is 47.2. The molecule has 13 N–H and O–H groups in total. The molecule has 0 aliphatic rings. The number of primary amides is 1. The van der Waals surface area contributed by atoms with E-state index in [-0.39, 0.29) is 6.42 Å². The van der Waals surface area contributed by atoms with Crippen molar-refractivity contribution in [3.05, 3.63) is 0 Å². The highest BCUT2D eigenvalue weighted by molar-refractivity contribution is 5.96. The normalized spacial score (nSPS) is 14.1. The van der Waals surface area contributed by atoms with E-state index in [1.807, 2.05) is 5.32 Å². The van der Waals surface area contributed by atoms with Gasteiger partial charge in [0.1, 0.15) is 24.2 Å². The third-order valence-corrected chi connectivity index (χ3v) is 5.81. The van der Waals surface area contributed by atoms with E-state index in [0.29, 0.717) is 0 Å². The van der Waals surface area contributed by atoms with Crippen molar-refractivity contribution in [2.24, 2.45) is 17.4 Å². The van der Waals surface area contributed by atoms with E-state index in [0.717, 1.165) is 0 Å². The Balaban J connectivity index is 5.57. The predicted molar refractivity (Wildman–Crippen MR) is 146 cm³/mol. The molecule has 0 aromatic carbocycles. The molecule has 0 aliphatic carbocycles. The van der Waals surface area contributed by atoms with Gasteiger partial charge in [-0.3, -0.25) is 38.4 Å². The van der Waals surface area contributed by atoms with Crippen LogP contribution in [0.5, 0.6) is 0 Å². The minimum Gasteiger partial charge on any atom is -0.481 e. The van der Waals surface area contributed by atoms with Crippen LogP contribution in [0.3, 0.4) is 0 Å². The molecule has 0 saturated heterocycles. The summed E-state index contributed by atoms with van der Waals surface area (Å²) in [5.41, 5.74) is 10.5. The van der Waals surface area contributed by atoms with Crippen molar-refractivity contribution in [2.45, 2.75) is 76.2 Å². The molecule has 0 rings (SSSR count). The largest absolute Gasteiger partial charge is 0.481 e. The fourth-order valence-electron chi connectivity index (χ4n) is 3.42. The highest BCUT2D eigenvalue weighted by atomic mass is 16.4. The van der Waals surface area contributed by atoms with Crippen molar-refractivity contribution >= 4 is 53.4 Å². The van der Waals surface area contributed by atoms with Crippen LogP contribution in [0, 0.1) is 5.92 Å². The smallest absolute Gasteiger partial charge is 0.326 e. The van der Waals surface area contributed by atoms with Crippen molar-refractivity contribution in [3.63, 3.8) is 0 Å².